The normalized spacial score (nSPS) is 15.8. The van der Waals surface area contributed by atoms with Gasteiger partial charge in [-0.1, -0.05) is 35.3 Å². The summed E-state index contributed by atoms with van der Waals surface area (Å²) in [4.78, 5) is 14.2. The van der Waals surface area contributed by atoms with E-state index in [2.05, 4.69) is 25.9 Å². The molecule has 1 unspecified atom stereocenters. The molecule has 0 fully saturated rings. The number of nitrogens with one attached hydrogen (secondary N) is 1. The lowest BCUT2D eigenvalue weighted by Crippen LogP contribution is -2.37. The molecule has 1 aliphatic rings. The fraction of sp³-hybridized carbons (Fsp3) is 0.136. The number of nitrogens with zero attached hydrogens (tertiary/aromatic N) is 4. The van der Waals surface area contributed by atoms with Gasteiger partial charge in [-0.15, -0.1) is 0 Å². The second kappa shape index (κ2) is 7.28. The molecule has 0 saturated heterocycles. The van der Waals surface area contributed by atoms with Gasteiger partial charge < -0.3 is 9.88 Å². The van der Waals surface area contributed by atoms with Crippen LogP contribution in [0.15, 0.2) is 48.8 Å². The number of halogens is 3. The van der Waals surface area contributed by atoms with Crippen LogP contribution < -0.4 is 4.90 Å². The second-order valence-corrected chi connectivity index (χ2v) is 7.93. The van der Waals surface area contributed by atoms with Crippen LogP contribution in [0.3, 0.4) is 0 Å². The molecule has 30 heavy (non-hydrogen) atoms. The summed E-state index contributed by atoms with van der Waals surface area (Å²) in [5.74, 6) is 0.109. The van der Waals surface area contributed by atoms with Crippen LogP contribution in [0.1, 0.15) is 28.4 Å². The van der Waals surface area contributed by atoms with Crippen molar-refractivity contribution < 1.29 is 4.39 Å². The third-order valence-electron chi connectivity index (χ3n) is 5.40. The van der Waals surface area contributed by atoms with Gasteiger partial charge in [0.2, 0.25) is 5.95 Å². The number of benzene rings is 2. The summed E-state index contributed by atoms with van der Waals surface area (Å²) in [6.07, 6.45) is 3.71. The molecule has 2 aromatic carbocycles. The smallest absolute Gasteiger partial charge is 0.226 e. The topological polar surface area (TPSA) is 68.6 Å². The first-order valence-electron chi connectivity index (χ1n) is 9.29. The van der Waals surface area contributed by atoms with Gasteiger partial charge in [0.05, 0.1) is 40.1 Å². The van der Waals surface area contributed by atoms with Crippen LogP contribution in [0.5, 0.6) is 0 Å². The summed E-state index contributed by atoms with van der Waals surface area (Å²) in [6, 6.07) is 12.5. The number of aromatic nitrogens is 3. The van der Waals surface area contributed by atoms with Crippen molar-refractivity contribution >= 4 is 40.1 Å². The van der Waals surface area contributed by atoms with Gasteiger partial charge in [0.1, 0.15) is 0 Å². The lowest BCUT2D eigenvalue weighted by Gasteiger charge is -2.36. The number of aromatic amines is 1. The fourth-order valence-corrected chi connectivity index (χ4v) is 4.33. The number of anilines is 1. The van der Waals surface area contributed by atoms with Crippen LogP contribution in [0.2, 0.25) is 10.0 Å². The van der Waals surface area contributed by atoms with Crippen LogP contribution in [-0.2, 0) is 6.42 Å². The molecule has 8 heteroatoms. The Bertz CT molecular complexity index is 1290. The highest BCUT2D eigenvalue weighted by molar-refractivity contribution is 6.31. The van der Waals surface area contributed by atoms with E-state index < -0.39 is 5.82 Å². The molecule has 148 valence electrons. The zero-order valence-electron chi connectivity index (χ0n) is 15.5. The number of hydrogen-bond acceptors (Lipinski definition) is 4. The largest absolute Gasteiger partial charge is 0.356 e. The van der Waals surface area contributed by atoms with Crippen molar-refractivity contribution in [3.05, 3.63) is 87.0 Å². The van der Waals surface area contributed by atoms with Gasteiger partial charge in [-0.25, -0.2) is 14.4 Å². The molecule has 0 amide bonds. The molecule has 1 aliphatic heterocycles. The zero-order valence-corrected chi connectivity index (χ0v) is 17.0. The van der Waals surface area contributed by atoms with Crippen LogP contribution in [0, 0.1) is 17.1 Å². The molecule has 0 bridgehead atoms. The van der Waals surface area contributed by atoms with Crippen molar-refractivity contribution in [2.24, 2.45) is 0 Å². The molecule has 5 rings (SSSR count). The van der Waals surface area contributed by atoms with E-state index in [-0.39, 0.29) is 11.1 Å². The van der Waals surface area contributed by atoms with Crippen molar-refractivity contribution in [1.82, 2.24) is 15.0 Å². The summed E-state index contributed by atoms with van der Waals surface area (Å²) in [7, 11) is 0. The van der Waals surface area contributed by atoms with Gasteiger partial charge in [-0.05, 0) is 41.8 Å². The molecule has 4 aromatic rings. The Hall–Kier alpha value is -3.14. The Labute approximate surface area is 181 Å². The summed E-state index contributed by atoms with van der Waals surface area (Å²) in [5.41, 5.74) is 3.95. The predicted octanol–water partition coefficient (Wildman–Crippen LogP) is 5.43. The molecule has 0 radical (unpaired) electrons. The van der Waals surface area contributed by atoms with E-state index >= 15 is 0 Å². The standard InChI is InChI=1S/C22H14Cl2FN5/c23-14-10-27-22(28-11-14)30-8-7-15-18-17(6-5-16(24)19(18)25)29-20(15)21(30)13-3-1-12(9-26)2-4-13/h1-6,10-11,21,29H,7-8H2. The molecule has 3 heterocycles. The van der Waals surface area contributed by atoms with E-state index in [9.17, 15) is 4.39 Å². The number of nitriles is 1. The molecule has 1 N–H and O–H groups in total. The first kappa shape index (κ1) is 18.9. The Morgan fingerprint density at radius 1 is 1.10 bits per heavy atom. The number of fused-ring (bicyclic) bond motifs is 3. The third-order valence-corrected chi connectivity index (χ3v) is 5.89. The predicted molar refractivity (Wildman–Crippen MR) is 114 cm³/mol. The van der Waals surface area contributed by atoms with Crippen LogP contribution in [-0.4, -0.2) is 21.5 Å². The summed E-state index contributed by atoms with van der Waals surface area (Å²) >= 11 is 12.0. The fourth-order valence-electron chi connectivity index (χ4n) is 4.07. The van der Waals surface area contributed by atoms with E-state index in [1.165, 1.54) is 0 Å². The maximum absolute atomic E-state index is 14.9. The van der Waals surface area contributed by atoms with Crippen molar-refractivity contribution in [3.63, 3.8) is 0 Å². The van der Waals surface area contributed by atoms with Gasteiger partial charge in [-0.3, -0.25) is 0 Å². The monoisotopic (exact) mass is 437 g/mol. The average Bonchev–Trinajstić information content (AvgIpc) is 3.15. The SMILES string of the molecule is N#Cc1ccc(C2c3[nH]c4ccc(Cl)c(F)c4c3CCN2c2ncc(Cl)cn2)cc1. The van der Waals surface area contributed by atoms with Gasteiger partial charge >= 0.3 is 0 Å². The lowest BCUT2D eigenvalue weighted by atomic mass is 9.92. The molecule has 2 aromatic heterocycles. The van der Waals surface area contributed by atoms with E-state index in [0.29, 0.717) is 40.4 Å². The number of rotatable bonds is 2. The van der Waals surface area contributed by atoms with Gasteiger partial charge in [0.15, 0.2) is 5.82 Å². The molecular weight excluding hydrogens is 424 g/mol. The average molecular weight is 438 g/mol. The first-order chi connectivity index (χ1) is 14.6. The molecule has 5 nitrogen and oxygen atoms in total. The molecule has 0 aliphatic carbocycles. The Balaban J connectivity index is 1.72. The van der Waals surface area contributed by atoms with Crippen molar-refractivity contribution in [2.75, 3.05) is 11.4 Å². The Morgan fingerprint density at radius 2 is 1.83 bits per heavy atom. The van der Waals surface area contributed by atoms with Crippen molar-refractivity contribution in [3.8, 4) is 6.07 Å². The second-order valence-electron chi connectivity index (χ2n) is 7.08. The first-order valence-corrected chi connectivity index (χ1v) is 10.0. The maximum Gasteiger partial charge on any atom is 0.226 e. The molecule has 1 atom stereocenters. The maximum atomic E-state index is 14.9. The summed E-state index contributed by atoms with van der Waals surface area (Å²) < 4.78 is 14.9. The molecular formula is C22H14Cl2FN5. The van der Waals surface area contributed by atoms with E-state index in [0.717, 1.165) is 16.8 Å². The number of H-pyrrole nitrogens is 1. The summed E-state index contributed by atoms with van der Waals surface area (Å²) in [6.45, 7) is 0.582. The zero-order chi connectivity index (χ0) is 20.8. The minimum Gasteiger partial charge on any atom is -0.356 e. The minimum atomic E-state index is -0.415. The van der Waals surface area contributed by atoms with Crippen LogP contribution in [0.4, 0.5) is 10.3 Å². The molecule has 0 spiro atoms. The highest BCUT2D eigenvalue weighted by atomic mass is 35.5. The van der Waals surface area contributed by atoms with Crippen molar-refractivity contribution in [1.29, 1.82) is 5.26 Å². The number of hydrogen-bond donors (Lipinski definition) is 1. The van der Waals surface area contributed by atoms with Gasteiger partial charge in [-0.2, -0.15) is 5.26 Å². The third kappa shape index (κ3) is 2.98. The van der Waals surface area contributed by atoms with Gasteiger partial charge in [0, 0.05) is 23.1 Å². The quantitative estimate of drug-likeness (QED) is 0.453. The Morgan fingerprint density at radius 3 is 2.53 bits per heavy atom. The minimum absolute atomic E-state index is 0.0997. The van der Waals surface area contributed by atoms with E-state index in [1.54, 1.807) is 36.7 Å². The lowest BCUT2D eigenvalue weighted by molar-refractivity contribution is 0.619. The highest BCUT2D eigenvalue weighted by Crippen LogP contribution is 2.41. The highest BCUT2D eigenvalue weighted by Gasteiger charge is 2.34. The summed E-state index contributed by atoms with van der Waals surface area (Å²) in [5, 5.41) is 10.2. The van der Waals surface area contributed by atoms with Crippen LogP contribution >= 0.6 is 23.2 Å². The van der Waals surface area contributed by atoms with E-state index in [1.807, 2.05) is 12.1 Å². The van der Waals surface area contributed by atoms with Crippen molar-refractivity contribution in [2.45, 2.75) is 12.5 Å². The van der Waals surface area contributed by atoms with E-state index in [4.69, 9.17) is 28.5 Å². The molecule has 0 saturated carbocycles. The van der Waals surface area contributed by atoms with Crippen LogP contribution in [0.25, 0.3) is 10.9 Å². The van der Waals surface area contributed by atoms with Gasteiger partial charge in [0.25, 0.3) is 0 Å². The Kier molecular flexibility index (Phi) is 4.58.